The van der Waals surface area contributed by atoms with Crippen molar-refractivity contribution >= 4 is 5.97 Å². The molecule has 0 bridgehead atoms. The molecule has 0 aromatic carbocycles. The van der Waals surface area contributed by atoms with Crippen molar-refractivity contribution in [1.29, 1.82) is 0 Å². The SMILES string of the molecule is C=C1C(=O)O[C@H]2C=C(C)[C@H]3CC[C@](C)(O)[C@@H]3C[C@H]12. The zero-order valence-corrected chi connectivity index (χ0v) is 11.0. The molecule has 0 spiro atoms. The molecule has 98 valence electrons. The normalized spacial score (nSPS) is 47.2. The number of ether oxygens (including phenoxy) is 1. The summed E-state index contributed by atoms with van der Waals surface area (Å²) in [4.78, 5) is 11.6. The summed E-state index contributed by atoms with van der Waals surface area (Å²) in [5.41, 5.74) is 1.21. The fraction of sp³-hybridized carbons (Fsp3) is 0.667. The van der Waals surface area contributed by atoms with Gasteiger partial charge in [0.05, 0.1) is 5.60 Å². The van der Waals surface area contributed by atoms with Crippen molar-refractivity contribution < 1.29 is 14.6 Å². The maximum atomic E-state index is 11.6. The van der Waals surface area contributed by atoms with Crippen molar-refractivity contribution in [2.24, 2.45) is 17.8 Å². The molecule has 1 saturated heterocycles. The van der Waals surface area contributed by atoms with Crippen LogP contribution in [0.2, 0.25) is 0 Å². The monoisotopic (exact) mass is 248 g/mol. The number of fused-ring (bicyclic) bond motifs is 2. The van der Waals surface area contributed by atoms with Crippen LogP contribution in [0.1, 0.15) is 33.1 Å². The lowest BCUT2D eigenvalue weighted by Crippen LogP contribution is -2.33. The number of carbonyl (C=O) groups is 1. The van der Waals surface area contributed by atoms with Crippen LogP contribution >= 0.6 is 0 Å². The largest absolute Gasteiger partial charge is 0.454 e. The molecule has 18 heavy (non-hydrogen) atoms. The topological polar surface area (TPSA) is 46.5 Å². The molecule has 0 radical (unpaired) electrons. The minimum atomic E-state index is -0.624. The van der Waals surface area contributed by atoms with E-state index in [2.05, 4.69) is 19.6 Å². The highest BCUT2D eigenvalue weighted by atomic mass is 16.5. The average molecular weight is 248 g/mol. The Morgan fingerprint density at radius 1 is 1.50 bits per heavy atom. The third-order valence-electron chi connectivity index (χ3n) is 5.12. The lowest BCUT2D eigenvalue weighted by Gasteiger charge is -2.30. The summed E-state index contributed by atoms with van der Waals surface area (Å²) < 4.78 is 5.36. The van der Waals surface area contributed by atoms with Gasteiger partial charge in [-0.1, -0.05) is 12.2 Å². The molecule has 5 atom stereocenters. The van der Waals surface area contributed by atoms with Crippen LogP contribution in [0.3, 0.4) is 0 Å². The number of esters is 1. The van der Waals surface area contributed by atoms with E-state index < -0.39 is 5.60 Å². The van der Waals surface area contributed by atoms with Gasteiger partial charge in [-0.25, -0.2) is 4.79 Å². The minimum absolute atomic E-state index is 0.0482. The van der Waals surface area contributed by atoms with Gasteiger partial charge in [0.1, 0.15) is 6.10 Å². The fourth-order valence-electron chi connectivity index (χ4n) is 3.94. The highest BCUT2D eigenvalue weighted by molar-refractivity contribution is 5.91. The number of hydrogen-bond donors (Lipinski definition) is 1. The van der Waals surface area contributed by atoms with E-state index in [9.17, 15) is 9.90 Å². The first-order valence-corrected chi connectivity index (χ1v) is 6.70. The summed E-state index contributed by atoms with van der Waals surface area (Å²) in [5.74, 6) is 0.421. The molecule has 1 aliphatic heterocycles. The predicted molar refractivity (Wildman–Crippen MR) is 67.7 cm³/mol. The Balaban J connectivity index is 1.99. The molecule has 3 nitrogen and oxygen atoms in total. The van der Waals surface area contributed by atoms with Gasteiger partial charge in [-0.3, -0.25) is 0 Å². The van der Waals surface area contributed by atoms with Crippen molar-refractivity contribution in [1.82, 2.24) is 0 Å². The van der Waals surface area contributed by atoms with Gasteiger partial charge < -0.3 is 9.84 Å². The summed E-state index contributed by atoms with van der Waals surface area (Å²) >= 11 is 0. The van der Waals surface area contributed by atoms with E-state index in [-0.39, 0.29) is 23.9 Å². The Labute approximate surface area is 108 Å². The van der Waals surface area contributed by atoms with Crippen molar-refractivity contribution in [3.05, 3.63) is 23.8 Å². The van der Waals surface area contributed by atoms with E-state index in [1.54, 1.807) is 0 Å². The van der Waals surface area contributed by atoms with Crippen molar-refractivity contribution in [3.63, 3.8) is 0 Å². The number of rotatable bonds is 0. The maximum Gasteiger partial charge on any atom is 0.334 e. The number of allylic oxidation sites excluding steroid dienone is 1. The summed E-state index contributed by atoms with van der Waals surface area (Å²) in [6.07, 6.45) is 4.59. The highest BCUT2D eigenvalue weighted by Gasteiger charge is 2.50. The van der Waals surface area contributed by atoms with Gasteiger partial charge >= 0.3 is 5.97 Å². The van der Waals surface area contributed by atoms with Gasteiger partial charge in [-0.2, -0.15) is 0 Å². The lowest BCUT2D eigenvalue weighted by molar-refractivity contribution is -0.137. The Morgan fingerprint density at radius 3 is 2.94 bits per heavy atom. The average Bonchev–Trinajstić information content (AvgIpc) is 2.65. The van der Waals surface area contributed by atoms with E-state index in [1.807, 2.05) is 6.92 Å². The van der Waals surface area contributed by atoms with Crippen molar-refractivity contribution in [2.45, 2.75) is 44.8 Å². The second-order valence-electron chi connectivity index (χ2n) is 6.26. The molecule has 3 heteroatoms. The van der Waals surface area contributed by atoms with E-state index in [1.165, 1.54) is 5.57 Å². The quantitative estimate of drug-likeness (QED) is 0.406. The van der Waals surface area contributed by atoms with Crippen LogP contribution < -0.4 is 0 Å². The molecule has 0 unspecified atom stereocenters. The Hall–Kier alpha value is -1.09. The van der Waals surface area contributed by atoms with Crippen LogP contribution in [-0.4, -0.2) is 22.8 Å². The summed E-state index contributed by atoms with van der Waals surface area (Å²) in [6.45, 7) is 7.88. The van der Waals surface area contributed by atoms with Gasteiger partial charge in [0.25, 0.3) is 0 Å². The summed E-state index contributed by atoms with van der Waals surface area (Å²) in [6, 6.07) is 0. The lowest BCUT2D eigenvalue weighted by atomic mass is 9.78. The first-order valence-electron chi connectivity index (χ1n) is 6.70. The molecule has 1 N–H and O–H groups in total. The number of hydrogen-bond acceptors (Lipinski definition) is 3. The molecule has 3 rings (SSSR count). The summed E-state index contributed by atoms with van der Waals surface area (Å²) in [5, 5.41) is 10.5. The zero-order valence-electron chi connectivity index (χ0n) is 11.0. The molecular weight excluding hydrogens is 228 g/mol. The molecule has 2 aliphatic carbocycles. The first-order chi connectivity index (χ1) is 8.40. The van der Waals surface area contributed by atoms with E-state index in [0.29, 0.717) is 11.5 Å². The Kier molecular flexibility index (Phi) is 2.46. The van der Waals surface area contributed by atoms with Crippen molar-refractivity contribution in [3.8, 4) is 0 Å². The third kappa shape index (κ3) is 1.57. The second-order valence-corrected chi connectivity index (χ2v) is 6.26. The zero-order chi connectivity index (χ0) is 13.1. The van der Waals surface area contributed by atoms with E-state index >= 15 is 0 Å². The fourth-order valence-corrected chi connectivity index (χ4v) is 3.94. The van der Waals surface area contributed by atoms with Gasteiger partial charge in [0.15, 0.2) is 0 Å². The van der Waals surface area contributed by atoms with Crippen LogP contribution in [0.15, 0.2) is 23.8 Å². The van der Waals surface area contributed by atoms with E-state index in [0.717, 1.165) is 19.3 Å². The highest BCUT2D eigenvalue weighted by Crippen LogP contribution is 2.51. The molecule has 1 saturated carbocycles. The molecule has 0 aromatic heterocycles. The number of carbonyl (C=O) groups excluding carboxylic acids is 1. The van der Waals surface area contributed by atoms with Crippen LogP contribution in [-0.2, 0) is 9.53 Å². The molecule has 0 aromatic rings. The first kappa shape index (κ1) is 12.0. The Bertz CT molecular complexity index is 447. The Morgan fingerprint density at radius 2 is 2.22 bits per heavy atom. The van der Waals surface area contributed by atoms with Crippen LogP contribution in [0.4, 0.5) is 0 Å². The van der Waals surface area contributed by atoms with Gasteiger partial charge in [0, 0.05) is 11.5 Å². The molecule has 0 amide bonds. The summed E-state index contributed by atoms with van der Waals surface area (Å²) in [7, 11) is 0. The molecular formula is C15H20O3. The molecule has 2 fully saturated rings. The third-order valence-corrected chi connectivity index (χ3v) is 5.12. The predicted octanol–water partition coefficient (Wildman–Crippen LogP) is 2.21. The van der Waals surface area contributed by atoms with Crippen molar-refractivity contribution in [2.75, 3.05) is 0 Å². The van der Waals surface area contributed by atoms with E-state index in [4.69, 9.17) is 4.74 Å². The standard InChI is InChI=1S/C15H20O3/c1-8-6-13-11(9(2)14(16)18-13)7-12-10(8)4-5-15(12,3)17/h6,10-13,17H,2,4-5,7H2,1,3H3/t10-,11-,12-,13+,15+/m1/s1. The molecule has 1 heterocycles. The van der Waals surface area contributed by atoms with Gasteiger partial charge in [-0.15, -0.1) is 0 Å². The molecule has 3 aliphatic rings. The van der Waals surface area contributed by atoms with Gasteiger partial charge in [-0.05, 0) is 51.0 Å². The maximum absolute atomic E-state index is 11.6. The van der Waals surface area contributed by atoms with Crippen LogP contribution in [0.25, 0.3) is 0 Å². The van der Waals surface area contributed by atoms with Crippen LogP contribution in [0, 0.1) is 17.8 Å². The minimum Gasteiger partial charge on any atom is -0.454 e. The second kappa shape index (κ2) is 3.70. The number of aliphatic hydroxyl groups is 1. The van der Waals surface area contributed by atoms with Gasteiger partial charge in [0.2, 0.25) is 0 Å². The van der Waals surface area contributed by atoms with Crippen LogP contribution in [0.5, 0.6) is 0 Å². The smallest absolute Gasteiger partial charge is 0.334 e.